The zero-order chi connectivity index (χ0) is 14.4. The smallest absolute Gasteiger partial charge is 0.238 e. The summed E-state index contributed by atoms with van der Waals surface area (Å²) in [5.74, 6) is -0.107. The standard InChI is InChI=1S/C15H22N2O3/c1-12-2-4-13(5-3-12)17-14(18)10-16-11-15(19)6-8-20-9-7-15/h2-5,16,19H,6-11H2,1H3,(H,17,18). The van der Waals surface area contributed by atoms with Crippen molar-refractivity contribution in [3.8, 4) is 0 Å². The summed E-state index contributed by atoms with van der Waals surface area (Å²) in [6.07, 6.45) is 1.22. The molecule has 1 aromatic carbocycles. The molecule has 0 bridgehead atoms. The first-order valence-corrected chi connectivity index (χ1v) is 6.95. The van der Waals surface area contributed by atoms with Gasteiger partial charge in [0.2, 0.25) is 5.91 Å². The molecule has 0 aliphatic carbocycles. The van der Waals surface area contributed by atoms with Crippen molar-refractivity contribution in [1.29, 1.82) is 0 Å². The SMILES string of the molecule is Cc1ccc(NC(=O)CNCC2(O)CCOCC2)cc1. The molecular weight excluding hydrogens is 256 g/mol. The van der Waals surface area contributed by atoms with Gasteiger partial charge in [-0.3, -0.25) is 4.79 Å². The lowest BCUT2D eigenvalue weighted by Gasteiger charge is -2.32. The number of benzene rings is 1. The number of rotatable bonds is 5. The maximum absolute atomic E-state index is 11.8. The quantitative estimate of drug-likeness (QED) is 0.753. The third-order valence-electron chi connectivity index (χ3n) is 3.50. The van der Waals surface area contributed by atoms with Crippen LogP contribution in [-0.4, -0.2) is 42.9 Å². The van der Waals surface area contributed by atoms with Gasteiger partial charge in [0.25, 0.3) is 0 Å². The predicted octanol–water partition coefficient (Wildman–Crippen LogP) is 1.06. The number of nitrogens with one attached hydrogen (secondary N) is 2. The summed E-state index contributed by atoms with van der Waals surface area (Å²) in [7, 11) is 0. The molecule has 1 amide bonds. The largest absolute Gasteiger partial charge is 0.388 e. The topological polar surface area (TPSA) is 70.6 Å². The highest BCUT2D eigenvalue weighted by atomic mass is 16.5. The van der Waals surface area contributed by atoms with Crippen LogP contribution in [0.4, 0.5) is 5.69 Å². The van der Waals surface area contributed by atoms with Crippen molar-refractivity contribution in [2.75, 3.05) is 31.6 Å². The zero-order valence-electron chi connectivity index (χ0n) is 11.8. The van der Waals surface area contributed by atoms with Crippen LogP contribution in [0.3, 0.4) is 0 Å². The molecule has 3 N–H and O–H groups in total. The fourth-order valence-electron chi connectivity index (χ4n) is 2.18. The number of amides is 1. The van der Waals surface area contributed by atoms with Crippen molar-refractivity contribution in [2.24, 2.45) is 0 Å². The van der Waals surface area contributed by atoms with Crippen LogP contribution in [0.5, 0.6) is 0 Å². The summed E-state index contributed by atoms with van der Waals surface area (Å²) in [6.45, 7) is 3.76. The monoisotopic (exact) mass is 278 g/mol. The highest BCUT2D eigenvalue weighted by Crippen LogP contribution is 2.19. The number of hydrogen-bond donors (Lipinski definition) is 3. The highest BCUT2D eigenvalue weighted by molar-refractivity contribution is 5.92. The molecule has 1 aliphatic heterocycles. The number of carbonyl (C=O) groups excluding carboxylic acids is 1. The Morgan fingerprint density at radius 1 is 1.30 bits per heavy atom. The number of hydrogen-bond acceptors (Lipinski definition) is 4. The van der Waals surface area contributed by atoms with E-state index in [1.165, 1.54) is 0 Å². The first-order valence-electron chi connectivity index (χ1n) is 6.95. The minimum atomic E-state index is -0.748. The summed E-state index contributed by atoms with van der Waals surface area (Å²) in [5, 5.41) is 16.1. The van der Waals surface area contributed by atoms with Crippen LogP contribution in [0.15, 0.2) is 24.3 Å². The maximum Gasteiger partial charge on any atom is 0.238 e. The van der Waals surface area contributed by atoms with Gasteiger partial charge < -0.3 is 20.5 Å². The van der Waals surface area contributed by atoms with Gasteiger partial charge in [0, 0.05) is 38.3 Å². The van der Waals surface area contributed by atoms with Crippen molar-refractivity contribution in [1.82, 2.24) is 5.32 Å². The molecular formula is C15H22N2O3. The summed E-state index contributed by atoms with van der Waals surface area (Å²) >= 11 is 0. The first-order chi connectivity index (χ1) is 9.57. The minimum Gasteiger partial charge on any atom is -0.388 e. The second kappa shape index (κ2) is 6.83. The molecule has 0 saturated carbocycles. The predicted molar refractivity (Wildman–Crippen MR) is 77.7 cm³/mol. The summed E-state index contributed by atoms with van der Waals surface area (Å²) in [5.41, 5.74) is 1.19. The number of aliphatic hydroxyl groups is 1. The molecule has 5 heteroatoms. The van der Waals surface area contributed by atoms with E-state index in [4.69, 9.17) is 4.74 Å². The molecule has 1 heterocycles. The van der Waals surface area contributed by atoms with Crippen LogP contribution in [0.25, 0.3) is 0 Å². The molecule has 1 fully saturated rings. The molecule has 1 aliphatic rings. The van der Waals surface area contributed by atoms with Crippen molar-refractivity contribution in [3.63, 3.8) is 0 Å². The van der Waals surface area contributed by atoms with Crippen LogP contribution < -0.4 is 10.6 Å². The number of anilines is 1. The van der Waals surface area contributed by atoms with E-state index in [0.717, 1.165) is 11.3 Å². The number of aryl methyl sites for hydroxylation is 1. The lowest BCUT2D eigenvalue weighted by atomic mass is 9.94. The molecule has 0 spiro atoms. The molecule has 5 nitrogen and oxygen atoms in total. The van der Waals surface area contributed by atoms with Gasteiger partial charge in [0.05, 0.1) is 12.1 Å². The Morgan fingerprint density at radius 2 is 1.95 bits per heavy atom. The van der Waals surface area contributed by atoms with Gasteiger partial charge in [-0.1, -0.05) is 17.7 Å². The lowest BCUT2D eigenvalue weighted by Crippen LogP contribution is -2.46. The van der Waals surface area contributed by atoms with E-state index in [1.54, 1.807) is 0 Å². The average Bonchev–Trinajstić information content (AvgIpc) is 2.42. The molecule has 1 saturated heterocycles. The van der Waals surface area contributed by atoms with E-state index < -0.39 is 5.60 Å². The summed E-state index contributed by atoms with van der Waals surface area (Å²) in [6, 6.07) is 7.65. The Kier molecular flexibility index (Phi) is 5.11. The van der Waals surface area contributed by atoms with Gasteiger partial charge in [-0.25, -0.2) is 0 Å². The lowest BCUT2D eigenvalue weighted by molar-refractivity contribution is -0.115. The Hall–Kier alpha value is -1.43. The third-order valence-corrected chi connectivity index (χ3v) is 3.50. The molecule has 2 rings (SSSR count). The van der Waals surface area contributed by atoms with Gasteiger partial charge in [0.1, 0.15) is 0 Å². The Bertz CT molecular complexity index is 439. The molecule has 0 atom stereocenters. The Balaban J connectivity index is 1.71. The molecule has 110 valence electrons. The van der Waals surface area contributed by atoms with Crippen molar-refractivity contribution in [2.45, 2.75) is 25.4 Å². The average molecular weight is 278 g/mol. The fraction of sp³-hybridized carbons (Fsp3) is 0.533. The van der Waals surface area contributed by atoms with E-state index in [0.29, 0.717) is 32.6 Å². The van der Waals surface area contributed by atoms with Crippen LogP contribution in [0, 0.1) is 6.92 Å². The molecule has 0 unspecified atom stereocenters. The van der Waals surface area contributed by atoms with E-state index in [1.807, 2.05) is 31.2 Å². The van der Waals surface area contributed by atoms with E-state index in [-0.39, 0.29) is 12.5 Å². The van der Waals surface area contributed by atoms with E-state index in [2.05, 4.69) is 10.6 Å². The van der Waals surface area contributed by atoms with E-state index in [9.17, 15) is 9.90 Å². The minimum absolute atomic E-state index is 0.107. The molecule has 1 aromatic rings. The first kappa shape index (κ1) is 15.0. The van der Waals surface area contributed by atoms with Crippen molar-refractivity contribution >= 4 is 11.6 Å². The summed E-state index contributed by atoms with van der Waals surface area (Å²) < 4.78 is 5.21. The van der Waals surface area contributed by atoms with Crippen molar-refractivity contribution in [3.05, 3.63) is 29.8 Å². The van der Waals surface area contributed by atoms with Gasteiger partial charge >= 0.3 is 0 Å². The second-order valence-electron chi connectivity index (χ2n) is 5.35. The number of ether oxygens (including phenoxy) is 1. The third kappa shape index (κ3) is 4.59. The fourth-order valence-corrected chi connectivity index (χ4v) is 2.18. The van der Waals surface area contributed by atoms with Crippen LogP contribution in [-0.2, 0) is 9.53 Å². The maximum atomic E-state index is 11.8. The summed E-state index contributed by atoms with van der Waals surface area (Å²) in [4.78, 5) is 11.8. The van der Waals surface area contributed by atoms with Gasteiger partial charge in [0.15, 0.2) is 0 Å². The number of carbonyl (C=O) groups is 1. The normalized spacial score (nSPS) is 17.7. The van der Waals surface area contributed by atoms with Crippen LogP contribution in [0.2, 0.25) is 0 Å². The highest BCUT2D eigenvalue weighted by Gasteiger charge is 2.29. The van der Waals surface area contributed by atoms with Gasteiger partial charge in [-0.15, -0.1) is 0 Å². The zero-order valence-corrected chi connectivity index (χ0v) is 11.8. The van der Waals surface area contributed by atoms with Crippen LogP contribution in [0.1, 0.15) is 18.4 Å². The van der Waals surface area contributed by atoms with Gasteiger partial charge in [-0.2, -0.15) is 0 Å². The second-order valence-corrected chi connectivity index (χ2v) is 5.35. The Morgan fingerprint density at radius 3 is 2.60 bits per heavy atom. The molecule has 0 aromatic heterocycles. The van der Waals surface area contributed by atoms with Crippen molar-refractivity contribution < 1.29 is 14.6 Å². The van der Waals surface area contributed by atoms with Gasteiger partial charge in [-0.05, 0) is 19.1 Å². The van der Waals surface area contributed by atoms with Crippen LogP contribution >= 0.6 is 0 Å². The Labute approximate surface area is 119 Å². The molecule has 20 heavy (non-hydrogen) atoms. The molecule has 0 radical (unpaired) electrons. The van der Waals surface area contributed by atoms with E-state index >= 15 is 0 Å².